The first-order valence-corrected chi connectivity index (χ1v) is 24.0. The molecular formula is C49H75BrO18. The molecule has 3 aromatic carbocycles. The van der Waals surface area contributed by atoms with Crippen LogP contribution >= 0.6 is 15.9 Å². The minimum atomic E-state index is 0.235. The highest BCUT2D eigenvalue weighted by Crippen LogP contribution is 2.29. The second kappa shape index (κ2) is 41.3. The van der Waals surface area contributed by atoms with Crippen molar-refractivity contribution in [2.75, 3.05) is 187 Å². The molecule has 0 atom stereocenters. The van der Waals surface area contributed by atoms with Gasteiger partial charge in [-0.2, -0.15) is 0 Å². The molecule has 0 aliphatic heterocycles. The van der Waals surface area contributed by atoms with Crippen molar-refractivity contribution in [3.05, 3.63) is 71.3 Å². The molecule has 0 saturated heterocycles. The number of ether oxygens (including phenoxy) is 18. The van der Waals surface area contributed by atoms with Gasteiger partial charge in [0, 0.05) is 52.0 Å². The maximum absolute atomic E-state index is 6.37. The minimum absolute atomic E-state index is 0.235. The Kier molecular flexibility index (Phi) is 35.7. The summed E-state index contributed by atoms with van der Waals surface area (Å²) >= 11 is 3.60. The number of alkyl halides is 1. The van der Waals surface area contributed by atoms with Crippen molar-refractivity contribution in [3.8, 4) is 34.5 Å². The van der Waals surface area contributed by atoms with Gasteiger partial charge in [0.25, 0.3) is 0 Å². The van der Waals surface area contributed by atoms with E-state index in [0.717, 1.165) is 16.7 Å². The van der Waals surface area contributed by atoms with Gasteiger partial charge in [0.1, 0.15) is 74.1 Å². The fourth-order valence-corrected chi connectivity index (χ4v) is 6.02. The summed E-state index contributed by atoms with van der Waals surface area (Å²) in [4.78, 5) is 0. The summed E-state index contributed by atoms with van der Waals surface area (Å²) in [5.74, 6) is 3.73. The Morgan fingerprint density at radius 1 is 0.250 bits per heavy atom. The Morgan fingerprint density at radius 3 is 0.691 bits per heavy atom. The summed E-state index contributed by atoms with van der Waals surface area (Å²) in [6.45, 7) is 11.4. The lowest BCUT2D eigenvalue weighted by Gasteiger charge is -2.15. The van der Waals surface area contributed by atoms with Gasteiger partial charge in [-0.15, -0.1) is 0 Å². The van der Waals surface area contributed by atoms with Gasteiger partial charge >= 0.3 is 0 Å². The first-order chi connectivity index (χ1) is 33.6. The Morgan fingerprint density at radius 2 is 0.456 bits per heavy atom. The third kappa shape index (κ3) is 30.2. The van der Waals surface area contributed by atoms with E-state index in [-0.39, 0.29) is 13.2 Å². The summed E-state index contributed by atoms with van der Waals surface area (Å²) in [6.07, 6.45) is 0. The Hall–Kier alpha value is -3.54. The Labute approximate surface area is 411 Å². The first-order valence-electron chi connectivity index (χ1n) is 22.9. The quantitative estimate of drug-likeness (QED) is 0.0479. The average Bonchev–Trinajstić information content (AvgIpc) is 3.35. The molecule has 0 saturated carbocycles. The third-order valence-corrected chi connectivity index (χ3v) is 9.63. The van der Waals surface area contributed by atoms with Crippen LogP contribution in [0.5, 0.6) is 34.5 Å². The predicted octanol–water partition coefficient (Wildman–Crippen LogP) is 5.97. The molecule has 0 amide bonds. The molecule has 68 heavy (non-hydrogen) atoms. The number of benzene rings is 3. The molecule has 0 aliphatic rings. The fourth-order valence-electron chi connectivity index (χ4n) is 5.70. The second-order valence-corrected chi connectivity index (χ2v) is 15.0. The molecule has 0 spiro atoms. The Bertz CT molecular complexity index is 1460. The van der Waals surface area contributed by atoms with Gasteiger partial charge in [0.2, 0.25) is 0 Å². The summed E-state index contributed by atoms with van der Waals surface area (Å²) in [7, 11) is 6.56. The van der Waals surface area contributed by atoms with E-state index < -0.39 is 0 Å². The van der Waals surface area contributed by atoms with Crippen molar-refractivity contribution in [3.63, 3.8) is 0 Å². The van der Waals surface area contributed by atoms with Crippen molar-refractivity contribution in [1.29, 1.82) is 0 Å². The summed E-state index contributed by atoms with van der Waals surface area (Å²) < 4.78 is 102. The molecule has 0 unspecified atom stereocenters. The van der Waals surface area contributed by atoms with Crippen LogP contribution in [0.1, 0.15) is 16.7 Å². The molecule has 3 aromatic rings. The number of methoxy groups -OCH3 is 4. The molecule has 0 bridgehead atoms. The van der Waals surface area contributed by atoms with Gasteiger partial charge in [0.05, 0.1) is 132 Å². The molecule has 0 N–H and O–H groups in total. The van der Waals surface area contributed by atoms with E-state index in [9.17, 15) is 0 Å². The van der Waals surface area contributed by atoms with Crippen molar-refractivity contribution in [2.45, 2.75) is 18.5 Å². The maximum Gasteiger partial charge on any atom is 0.123 e. The summed E-state index contributed by atoms with van der Waals surface area (Å²) in [5, 5.41) is 0.592. The normalized spacial score (nSPS) is 11.2. The molecule has 0 radical (unpaired) electrons. The zero-order valence-corrected chi connectivity index (χ0v) is 42.1. The van der Waals surface area contributed by atoms with E-state index in [1.807, 2.05) is 54.6 Å². The maximum atomic E-state index is 6.37. The van der Waals surface area contributed by atoms with Crippen LogP contribution in [0.3, 0.4) is 0 Å². The highest BCUT2D eigenvalue weighted by atomic mass is 79.9. The highest BCUT2D eigenvalue weighted by Gasteiger charge is 2.10. The van der Waals surface area contributed by atoms with Crippen molar-refractivity contribution in [1.82, 2.24) is 0 Å². The first kappa shape index (κ1) is 58.8. The monoisotopic (exact) mass is 1030 g/mol. The van der Waals surface area contributed by atoms with Gasteiger partial charge < -0.3 is 85.3 Å². The van der Waals surface area contributed by atoms with Crippen LogP contribution in [0.15, 0.2) is 54.6 Å². The minimum Gasteiger partial charge on any atom is -0.491 e. The van der Waals surface area contributed by atoms with Gasteiger partial charge in [-0.05, 0) is 53.1 Å². The summed E-state index contributed by atoms with van der Waals surface area (Å²) in [5.41, 5.74) is 2.66. The van der Waals surface area contributed by atoms with Crippen molar-refractivity contribution >= 4 is 15.9 Å². The van der Waals surface area contributed by atoms with Crippen LogP contribution in [-0.2, 0) is 75.4 Å². The number of hydrogen-bond acceptors (Lipinski definition) is 18. The molecule has 18 nitrogen and oxygen atoms in total. The van der Waals surface area contributed by atoms with Crippen LogP contribution in [0.2, 0.25) is 0 Å². The predicted molar refractivity (Wildman–Crippen MR) is 257 cm³/mol. The van der Waals surface area contributed by atoms with Crippen LogP contribution in [0.4, 0.5) is 0 Å². The van der Waals surface area contributed by atoms with Crippen LogP contribution < -0.4 is 28.4 Å². The third-order valence-electron chi connectivity index (χ3n) is 8.99. The lowest BCUT2D eigenvalue weighted by atomic mass is 10.2. The van der Waals surface area contributed by atoms with Gasteiger partial charge in [0.15, 0.2) is 0 Å². The molecule has 0 fully saturated rings. The smallest absolute Gasteiger partial charge is 0.123 e. The van der Waals surface area contributed by atoms with Crippen LogP contribution in [0.25, 0.3) is 0 Å². The van der Waals surface area contributed by atoms with Crippen molar-refractivity contribution in [2.24, 2.45) is 0 Å². The molecule has 0 aromatic heterocycles. The molecular weight excluding hydrogens is 956 g/mol. The van der Waals surface area contributed by atoms with E-state index in [1.54, 1.807) is 28.4 Å². The SMILES string of the molecule is COCCOCCOCCOc1cc(COc2cc(CBr)cc(OCc3cc(OCCOCCOCCOC)cc(OCCOCCOCCOC)c3)c2)cc(OCCOCCOCCOC)c1. The zero-order valence-electron chi connectivity index (χ0n) is 40.5. The fraction of sp³-hybridized carbons (Fsp3) is 0.633. The van der Waals surface area contributed by atoms with E-state index >= 15 is 0 Å². The van der Waals surface area contributed by atoms with E-state index in [1.165, 1.54) is 0 Å². The number of hydrogen-bond donors (Lipinski definition) is 0. The van der Waals surface area contributed by atoms with E-state index in [2.05, 4.69) is 15.9 Å². The lowest BCUT2D eigenvalue weighted by Crippen LogP contribution is -2.13. The van der Waals surface area contributed by atoms with Crippen LogP contribution in [0, 0.1) is 0 Å². The van der Waals surface area contributed by atoms with Crippen LogP contribution in [-0.4, -0.2) is 187 Å². The summed E-state index contributed by atoms with van der Waals surface area (Å²) in [6, 6.07) is 17.2. The molecule has 3 rings (SSSR count). The second-order valence-electron chi connectivity index (χ2n) is 14.4. The Balaban J connectivity index is 1.63. The number of halogens is 1. The van der Waals surface area contributed by atoms with Gasteiger partial charge in [-0.1, -0.05) is 15.9 Å². The zero-order chi connectivity index (χ0) is 48.4. The standard InChI is InChI=1S/C49H75BrO18/c1-51-5-9-55-13-17-59-21-25-63-44-31-42(32-45(35-44)64-26-22-60-18-14-56-10-6-52-2)39-67-48-29-41(38-50)30-49(37-48)68-40-43-33-46(65-27-23-61-19-15-57-11-7-53-3)36-47(34-43)66-28-24-62-20-16-58-12-8-54-4/h29-37H,5-28,38-40H2,1-4H3. The highest BCUT2D eigenvalue weighted by molar-refractivity contribution is 9.08. The molecule has 386 valence electrons. The molecule has 19 heteroatoms. The van der Waals surface area contributed by atoms with E-state index in [4.69, 9.17) is 85.3 Å². The molecule has 0 aliphatic carbocycles. The lowest BCUT2D eigenvalue weighted by molar-refractivity contribution is 0.0174. The van der Waals surface area contributed by atoms with Crippen molar-refractivity contribution < 1.29 is 85.3 Å². The number of rotatable bonds is 47. The topological polar surface area (TPSA) is 166 Å². The largest absolute Gasteiger partial charge is 0.491 e. The van der Waals surface area contributed by atoms with Gasteiger partial charge in [-0.25, -0.2) is 0 Å². The van der Waals surface area contributed by atoms with E-state index in [0.29, 0.717) is 198 Å². The van der Waals surface area contributed by atoms with Gasteiger partial charge in [-0.3, -0.25) is 0 Å². The molecule has 0 heterocycles. The average molecular weight is 1030 g/mol.